The van der Waals surface area contributed by atoms with E-state index in [1.807, 2.05) is 56.3 Å². The lowest BCUT2D eigenvalue weighted by Gasteiger charge is -2.09. The highest BCUT2D eigenvalue weighted by Gasteiger charge is 2.09. The van der Waals surface area contributed by atoms with Gasteiger partial charge in [-0.2, -0.15) is 0 Å². The number of hydrogen-bond donors (Lipinski definition) is 2. The molecule has 5 heteroatoms. The average molecular weight is 330 g/mol. The Kier molecular flexibility index (Phi) is 5.40. The Morgan fingerprint density at radius 2 is 2.00 bits per heavy atom. The normalized spacial score (nSPS) is 10.3. The second-order valence-electron chi connectivity index (χ2n) is 5.43. The topological polar surface area (TPSA) is 57.8 Å². The Bertz CT molecular complexity index is 793. The number of carbonyl (C=O) groups excluding carboxylic acids is 1. The lowest BCUT2D eigenvalue weighted by molar-refractivity contribution is -0.116. The fourth-order valence-electron chi connectivity index (χ4n) is 2.43. The number of amides is 1. The van der Waals surface area contributed by atoms with Crippen LogP contribution in [0.15, 0.2) is 42.5 Å². The standard InChI is InChI=1S/C18H19N3O.ClH/c1-3-6-17(22)19-16-11-13(10-9-12(16)2)18-20-14-7-4-5-8-15(14)21-18;/h4-5,7-11H,3,6H2,1-2H3,(H,19,22)(H,20,21);1H. The minimum absolute atomic E-state index is 0. The van der Waals surface area contributed by atoms with Crippen LogP contribution in [0.25, 0.3) is 22.4 Å². The van der Waals surface area contributed by atoms with Gasteiger partial charge in [0.1, 0.15) is 5.82 Å². The van der Waals surface area contributed by atoms with Crippen molar-refractivity contribution in [3.8, 4) is 11.4 Å². The van der Waals surface area contributed by atoms with Gasteiger partial charge < -0.3 is 10.3 Å². The maximum absolute atomic E-state index is 11.8. The van der Waals surface area contributed by atoms with Crippen molar-refractivity contribution in [1.82, 2.24) is 9.97 Å². The van der Waals surface area contributed by atoms with Crippen molar-refractivity contribution >= 4 is 35.0 Å². The lowest BCUT2D eigenvalue weighted by atomic mass is 10.1. The van der Waals surface area contributed by atoms with Gasteiger partial charge in [-0.1, -0.05) is 31.2 Å². The van der Waals surface area contributed by atoms with Gasteiger partial charge in [0, 0.05) is 17.7 Å². The SMILES string of the molecule is CCCC(=O)Nc1cc(-c2nc3ccccc3[nH]2)ccc1C.Cl. The third-order valence-electron chi connectivity index (χ3n) is 3.65. The summed E-state index contributed by atoms with van der Waals surface area (Å²) in [7, 11) is 0. The molecule has 0 spiro atoms. The molecule has 0 atom stereocenters. The van der Waals surface area contributed by atoms with Crippen LogP contribution in [0.2, 0.25) is 0 Å². The summed E-state index contributed by atoms with van der Waals surface area (Å²) in [6, 6.07) is 13.9. The van der Waals surface area contributed by atoms with E-state index in [1.54, 1.807) is 0 Å². The number of para-hydroxylation sites is 2. The van der Waals surface area contributed by atoms with Gasteiger partial charge in [0.15, 0.2) is 0 Å². The average Bonchev–Trinajstić information content (AvgIpc) is 2.93. The Hall–Kier alpha value is -2.33. The Labute approximate surface area is 141 Å². The van der Waals surface area contributed by atoms with Gasteiger partial charge in [0.05, 0.1) is 11.0 Å². The summed E-state index contributed by atoms with van der Waals surface area (Å²) in [6.45, 7) is 3.99. The number of carbonyl (C=O) groups is 1. The van der Waals surface area contributed by atoms with Crippen molar-refractivity contribution in [3.63, 3.8) is 0 Å². The van der Waals surface area contributed by atoms with Crippen LogP contribution in [-0.4, -0.2) is 15.9 Å². The van der Waals surface area contributed by atoms with Crippen LogP contribution in [0.5, 0.6) is 0 Å². The summed E-state index contributed by atoms with van der Waals surface area (Å²) in [5, 5.41) is 2.97. The molecule has 0 aliphatic carbocycles. The number of hydrogen-bond acceptors (Lipinski definition) is 2. The molecule has 23 heavy (non-hydrogen) atoms. The van der Waals surface area contributed by atoms with E-state index in [4.69, 9.17) is 0 Å². The third kappa shape index (κ3) is 3.71. The molecule has 4 nitrogen and oxygen atoms in total. The zero-order chi connectivity index (χ0) is 15.5. The summed E-state index contributed by atoms with van der Waals surface area (Å²) in [4.78, 5) is 19.7. The Morgan fingerprint density at radius 3 is 2.74 bits per heavy atom. The van der Waals surface area contributed by atoms with Crippen molar-refractivity contribution in [1.29, 1.82) is 0 Å². The number of fused-ring (bicyclic) bond motifs is 1. The summed E-state index contributed by atoms with van der Waals surface area (Å²) in [6.07, 6.45) is 1.38. The number of anilines is 1. The Balaban J connectivity index is 0.00000192. The van der Waals surface area contributed by atoms with Gasteiger partial charge in [0.25, 0.3) is 0 Å². The smallest absolute Gasteiger partial charge is 0.224 e. The zero-order valence-corrected chi connectivity index (χ0v) is 14.0. The highest BCUT2D eigenvalue weighted by molar-refractivity contribution is 5.92. The molecule has 0 bridgehead atoms. The number of imidazole rings is 1. The summed E-state index contributed by atoms with van der Waals surface area (Å²) in [5.74, 6) is 0.861. The maximum atomic E-state index is 11.8. The molecule has 1 heterocycles. The van der Waals surface area contributed by atoms with E-state index in [-0.39, 0.29) is 18.3 Å². The molecule has 0 aliphatic heterocycles. The fraction of sp³-hybridized carbons (Fsp3) is 0.222. The van der Waals surface area contributed by atoms with Gasteiger partial charge in [-0.25, -0.2) is 4.98 Å². The van der Waals surface area contributed by atoms with Gasteiger partial charge >= 0.3 is 0 Å². The number of aromatic nitrogens is 2. The maximum Gasteiger partial charge on any atom is 0.224 e. The molecule has 0 saturated heterocycles. The van der Waals surface area contributed by atoms with Crippen LogP contribution in [0.4, 0.5) is 5.69 Å². The molecule has 3 rings (SSSR count). The van der Waals surface area contributed by atoms with Gasteiger partial charge in [-0.15, -0.1) is 12.4 Å². The molecule has 0 unspecified atom stereocenters. The third-order valence-corrected chi connectivity index (χ3v) is 3.65. The summed E-state index contributed by atoms with van der Waals surface area (Å²) in [5.41, 5.74) is 4.80. The van der Waals surface area contributed by atoms with Crippen LogP contribution < -0.4 is 5.32 Å². The predicted octanol–water partition coefficient (Wildman–Crippen LogP) is 4.70. The van der Waals surface area contributed by atoms with E-state index in [9.17, 15) is 4.79 Å². The molecule has 1 aromatic heterocycles. The van der Waals surface area contributed by atoms with Gasteiger partial charge in [-0.3, -0.25) is 4.79 Å². The van der Waals surface area contributed by atoms with Crippen LogP contribution in [0.1, 0.15) is 25.3 Å². The first-order valence-electron chi connectivity index (χ1n) is 7.53. The number of H-pyrrole nitrogens is 1. The molecule has 2 aromatic carbocycles. The fourth-order valence-corrected chi connectivity index (χ4v) is 2.43. The van der Waals surface area contributed by atoms with E-state index in [1.165, 1.54) is 0 Å². The minimum atomic E-state index is 0. The first kappa shape index (κ1) is 17.0. The van der Waals surface area contributed by atoms with E-state index in [2.05, 4.69) is 15.3 Å². The van der Waals surface area contributed by atoms with Crippen LogP contribution in [-0.2, 0) is 4.79 Å². The second kappa shape index (κ2) is 7.29. The van der Waals surface area contributed by atoms with Crippen LogP contribution >= 0.6 is 12.4 Å². The molecule has 120 valence electrons. The molecule has 0 fully saturated rings. The number of rotatable bonds is 4. The van der Waals surface area contributed by atoms with Gasteiger partial charge in [0.2, 0.25) is 5.91 Å². The first-order valence-corrected chi connectivity index (χ1v) is 7.53. The lowest BCUT2D eigenvalue weighted by Crippen LogP contribution is -2.11. The van der Waals surface area contributed by atoms with Crippen LogP contribution in [0.3, 0.4) is 0 Å². The van der Waals surface area contributed by atoms with E-state index in [0.717, 1.165) is 40.1 Å². The summed E-state index contributed by atoms with van der Waals surface area (Å²) >= 11 is 0. The van der Waals surface area contributed by atoms with Crippen molar-refractivity contribution in [2.75, 3.05) is 5.32 Å². The second-order valence-corrected chi connectivity index (χ2v) is 5.43. The molecular weight excluding hydrogens is 310 g/mol. The predicted molar refractivity (Wildman–Crippen MR) is 97.1 cm³/mol. The largest absolute Gasteiger partial charge is 0.338 e. The number of halogens is 1. The number of benzene rings is 2. The first-order chi connectivity index (χ1) is 10.7. The van der Waals surface area contributed by atoms with E-state index < -0.39 is 0 Å². The van der Waals surface area contributed by atoms with Gasteiger partial charge in [-0.05, 0) is 37.1 Å². The van der Waals surface area contributed by atoms with E-state index in [0.29, 0.717) is 6.42 Å². The molecule has 0 saturated carbocycles. The number of aryl methyl sites for hydroxylation is 1. The quantitative estimate of drug-likeness (QED) is 0.729. The van der Waals surface area contributed by atoms with Crippen LogP contribution in [0, 0.1) is 6.92 Å². The van der Waals surface area contributed by atoms with Crippen molar-refractivity contribution in [2.45, 2.75) is 26.7 Å². The van der Waals surface area contributed by atoms with Crippen molar-refractivity contribution < 1.29 is 4.79 Å². The molecule has 0 aliphatic rings. The molecular formula is C18H20ClN3O. The van der Waals surface area contributed by atoms with E-state index >= 15 is 0 Å². The highest BCUT2D eigenvalue weighted by atomic mass is 35.5. The molecule has 2 N–H and O–H groups in total. The summed E-state index contributed by atoms with van der Waals surface area (Å²) < 4.78 is 0. The molecule has 0 radical (unpaired) electrons. The monoisotopic (exact) mass is 329 g/mol. The minimum Gasteiger partial charge on any atom is -0.338 e. The molecule has 1 amide bonds. The highest BCUT2D eigenvalue weighted by Crippen LogP contribution is 2.25. The number of nitrogens with one attached hydrogen (secondary N) is 2. The van der Waals surface area contributed by atoms with Crippen molar-refractivity contribution in [2.24, 2.45) is 0 Å². The number of nitrogens with zero attached hydrogens (tertiary/aromatic N) is 1. The zero-order valence-electron chi connectivity index (χ0n) is 13.2. The Morgan fingerprint density at radius 1 is 1.22 bits per heavy atom. The van der Waals surface area contributed by atoms with Crippen molar-refractivity contribution in [3.05, 3.63) is 48.0 Å². The molecule has 3 aromatic rings. The number of aromatic amines is 1.